The molecule has 1 aromatic carbocycles. The topological polar surface area (TPSA) is 63.5 Å². The summed E-state index contributed by atoms with van der Waals surface area (Å²) in [6.07, 6.45) is 3.69. The van der Waals surface area contributed by atoms with Crippen molar-refractivity contribution in [3.05, 3.63) is 58.5 Å². The predicted molar refractivity (Wildman–Crippen MR) is 79.5 cm³/mol. The number of nitrogens with one attached hydrogen (secondary N) is 1. The highest BCUT2D eigenvalue weighted by molar-refractivity contribution is 6.00. The molecule has 5 heteroatoms. The molecule has 4 rings (SSSR count). The van der Waals surface area contributed by atoms with Gasteiger partial charge in [-0.15, -0.1) is 0 Å². The fraction of sp³-hybridized carbons (Fsp3) is 0.188. The first kappa shape index (κ1) is 12.1. The molecule has 0 bridgehead atoms. The Labute approximate surface area is 120 Å². The summed E-state index contributed by atoms with van der Waals surface area (Å²) in [5.41, 5.74) is 1.29. The molecule has 1 fully saturated rings. The fourth-order valence-electron chi connectivity index (χ4n) is 2.44. The Bertz CT molecular complexity index is 926. The van der Waals surface area contributed by atoms with Crippen LogP contribution in [-0.4, -0.2) is 21.3 Å². The standard InChI is InChI=1S/C16H13N3O2/c20-15(17-10-7-8-10)12-5-3-9-19-14(12)18-13-6-2-1-4-11(13)16(19)21/h1-6,9-10H,7-8H2,(H,17,20). The number of hydrogen-bond donors (Lipinski definition) is 1. The summed E-state index contributed by atoms with van der Waals surface area (Å²) in [5.74, 6) is -0.169. The van der Waals surface area contributed by atoms with E-state index >= 15 is 0 Å². The van der Waals surface area contributed by atoms with Gasteiger partial charge >= 0.3 is 0 Å². The molecule has 1 amide bonds. The lowest BCUT2D eigenvalue weighted by atomic mass is 10.2. The van der Waals surface area contributed by atoms with E-state index in [-0.39, 0.29) is 17.5 Å². The number of carbonyl (C=O) groups is 1. The molecule has 5 nitrogen and oxygen atoms in total. The van der Waals surface area contributed by atoms with Crippen molar-refractivity contribution in [2.45, 2.75) is 18.9 Å². The third-order valence-electron chi connectivity index (χ3n) is 3.70. The third-order valence-corrected chi connectivity index (χ3v) is 3.70. The molecule has 2 heterocycles. The maximum absolute atomic E-state index is 12.5. The smallest absolute Gasteiger partial charge is 0.265 e. The van der Waals surface area contributed by atoms with E-state index in [9.17, 15) is 9.59 Å². The fourth-order valence-corrected chi connectivity index (χ4v) is 2.44. The highest BCUT2D eigenvalue weighted by Crippen LogP contribution is 2.20. The monoisotopic (exact) mass is 279 g/mol. The number of carbonyl (C=O) groups excluding carboxylic acids is 1. The molecule has 0 atom stereocenters. The lowest BCUT2D eigenvalue weighted by molar-refractivity contribution is 0.0952. The van der Waals surface area contributed by atoms with E-state index in [4.69, 9.17) is 0 Å². The number of hydrogen-bond acceptors (Lipinski definition) is 3. The van der Waals surface area contributed by atoms with Crippen LogP contribution in [0.4, 0.5) is 0 Å². The van der Waals surface area contributed by atoms with Crippen molar-refractivity contribution >= 4 is 22.5 Å². The largest absolute Gasteiger partial charge is 0.349 e. The second-order valence-electron chi connectivity index (χ2n) is 5.30. The van der Waals surface area contributed by atoms with Crippen LogP contribution in [0.5, 0.6) is 0 Å². The van der Waals surface area contributed by atoms with Gasteiger partial charge in [0.2, 0.25) is 0 Å². The van der Waals surface area contributed by atoms with Crippen molar-refractivity contribution in [2.75, 3.05) is 0 Å². The SMILES string of the molecule is O=C(NC1CC1)c1cccn2c(=O)c3ccccc3nc12. The van der Waals surface area contributed by atoms with Crippen LogP contribution < -0.4 is 10.9 Å². The van der Waals surface area contributed by atoms with Crippen LogP contribution in [0.2, 0.25) is 0 Å². The second-order valence-corrected chi connectivity index (χ2v) is 5.30. The molecule has 1 saturated carbocycles. The van der Waals surface area contributed by atoms with E-state index in [0.29, 0.717) is 22.1 Å². The number of pyridine rings is 1. The van der Waals surface area contributed by atoms with Crippen molar-refractivity contribution in [2.24, 2.45) is 0 Å². The van der Waals surface area contributed by atoms with E-state index in [1.54, 1.807) is 30.5 Å². The van der Waals surface area contributed by atoms with Crippen LogP contribution in [0, 0.1) is 0 Å². The molecule has 0 spiro atoms. The van der Waals surface area contributed by atoms with E-state index in [2.05, 4.69) is 10.3 Å². The summed E-state index contributed by atoms with van der Waals surface area (Å²) in [7, 11) is 0. The maximum Gasteiger partial charge on any atom is 0.265 e. The van der Waals surface area contributed by atoms with Gasteiger partial charge in [0.05, 0.1) is 16.5 Å². The predicted octanol–water partition coefficient (Wildman–Crippen LogP) is 1.74. The zero-order valence-electron chi connectivity index (χ0n) is 11.2. The number of nitrogens with zero attached hydrogens (tertiary/aromatic N) is 2. The van der Waals surface area contributed by atoms with Gasteiger partial charge in [-0.3, -0.25) is 14.0 Å². The minimum Gasteiger partial charge on any atom is -0.349 e. The van der Waals surface area contributed by atoms with Gasteiger partial charge in [-0.25, -0.2) is 4.98 Å². The van der Waals surface area contributed by atoms with E-state index < -0.39 is 0 Å². The van der Waals surface area contributed by atoms with Crippen molar-refractivity contribution < 1.29 is 4.79 Å². The molecule has 104 valence electrons. The van der Waals surface area contributed by atoms with Crippen LogP contribution in [0.25, 0.3) is 16.6 Å². The number of rotatable bonds is 2. The van der Waals surface area contributed by atoms with Gasteiger partial charge in [-0.1, -0.05) is 12.1 Å². The second kappa shape index (κ2) is 4.41. The first-order chi connectivity index (χ1) is 10.2. The van der Waals surface area contributed by atoms with E-state index in [1.807, 2.05) is 12.1 Å². The number of fused-ring (bicyclic) bond motifs is 2. The average molecular weight is 279 g/mol. The van der Waals surface area contributed by atoms with Crippen LogP contribution in [-0.2, 0) is 0 Å². The normalized spacial score (nSPS) is 14.5. The summed E-state index contributed by atoms with van der Waals surface area (Å²) in [6.45, 7) is 0. The molecule has 0 saturated heterocycles. The van der Waals surface area contributed by atoms with Crippen molar-refractivity contribution in [3.8, 4) is 0 Å². The Hall–Kier alpha value is -2.69. The van der Waals surface area contributed by atoms with Crippen LogP contribution in [0.1, 0.15) is 23.2 Å². The van der Waals surface area contributed by atoms with Gasteiger partial charge < -0.3 is 5.32 Å². The summed E-state index contributed by atoms with van der Waals surface area (Å²) in [6, 6.07) is 10.8. The Morgan fingerprint density at radius 2 is 2.00 bits per heavy atom. The quantitative estimate of drug-likeness (QED) is 0.727. The number of amides is 1. The first-order valence-corrected chi connectivity index (χ1v) is 6.95. The molecule has 0 radical (unpaired) electrons. The summed E-state index contributed by atoms with van der Waals surface area (Å²) >= 11 is 0. The molecule has 1 N–H and O–H groups in total. The van der Waals surface area contributed by atoms with E-state index in [0.717, 1.165) is 12.8 Å². The van der Waals surface area contributed by atoms with Crippen LogP contribution in [0.3, 0.4) is 0 Å². The molecule has 0 unspecified atom stereocenters. The first-order valence-electron chi connectivity index (χ1n) is 6.95. The van der Waals surface area contributed by atoms with Crippen molar-refractivity contribution in [1.82, 2.24) is 14.7 Å². The van der Waals surface area contributed by atoms with E-state index in [1.165, 1.54) is 4.40 Å². The molecule has 1 aliphatic rings. The summed E-state index contributed by atoms with van der Waals surface area (Å²) < 4.78 is 1.43. The average Bonchev–Trinajstić information content (AvgIpc) is 3.31. The minimum atomic E-state index is -0.169. The van der Waals surface area contributed by atoms with Gasteiger partial charge in [0.15, 0.2) is 5.65 Å². The molecule has 21 heavy (non-hydrogen) atoms. The minimum absolute atomic E-state index is 0.156. The zero-order chi connectivity index (χ0) is 14.4. The highest BCUT2D eigenvalue weighted by Gasteiger charge is 2.25. The molecule has 2 aromatic heterocycles. The Kier molecular flexibility index (Phi) is 2.54. The maximum atomic E-state index is 12.5. The number of para-hydroxylation sites is 1. The summed E-state index contributed by atoms with van der Waals surface area (Å²) in [4.78, 5) is 29.3. The third kappa shape index (κ3) is 1.98. The Balaban J connectivity index is 1.99. The molecule has 3 aromatic rings. The number of benzene rings is 1. The van der Waals surface area contributed by atoms with Gasteiger partial charge in [-0.2, -0.15) is 0 Å². The van der Waals surface area contributed by atoms with Crippen LogP contribution >= 0.6 is 0 Å². The van der Waals surface area contributed by atoms with Gasteiger partial charge in [0.25, 0.3) is 11.5 Å². The lowest BCUT2D eigenvalue weighted by Gasteiger charge is -2.08. The molecular weight excluding hydrogens is 266 g/mol. The summed E-state index contributed by atoms with van der Waals surface area (Å²) in [5, 5.41) is 3.49. The molecule has 1 aliphatic carbocycles. The zero-order valence-corrected chi connectivity index (χ0v) is 11.2. The molecule has 0 aliphatic heterocycles. The highest BCUT2D eigenvalue weighted by atomic mass is 16.2. The Morgan fingerprint density at radius 3 is 2.81 bits per heavy atom. The van der Waals surface area contributed by atoms with Gasteiger partial charge in [0, 0.05) is 12.2 Å². The number of aromatic nitrogens is 2. The van der Waals surface area contributed by atoms with Gasteiger partial charge in [-0.05, 0) is 37.1 Å². The Morgan fingerprint density at radius 1 is 1.19 bits per heavy atom. The van der Waals surface area contributed by atoms with Gasteiger partial charge in [0.1, 0.15) is 0 Å². The lowest BCUT2D eigenvalue weighted by Crippen LogP contribution is -2.27. The van der Waals surface area contributed by atoms with Crippen LogP contribution in [0.15, 0.2) is 47.4 Å². The van der Waals surface area contributed by atoms with Crippen molar-refractivity contribution in [1.29, 1.82) is 0 Å². The van der Waals surface area contributed by atoms with Crippen molar-refractivity contribution in [3.63, 3.8) is 0 Å². The molecular formula is C16H13N3O2.